The minimum atomic E-state index is -3.78. The number of anilines is 1. The van der Waals surface area contributed by atoms with Gasteiger partial charge >= 0.3 is 5.97 Å². The summed E-state index contributed by atoms with van der Waals surface area (Å²) in [5, 5.41) is 2.76. The first-order chi connectivity index (χ1) is 12.8. The Labute approximate surface area is 160 Å². The summed E-state index contributed by atoms with van der Waals surface area (Å²) < 4.78 is 44.0. The van der Waals surface area contributed by atoms with E-state index in [1.165, 1.54) is 42.5 Å². The number of rotatable bonds is 8. The lowest BCUT2D eigenvalue weighted by Gasteiger charge is -2.08. The van der Waals surface area contributed by atoms with Gasteiger partial charge in [0.15, 0.2) is 6.61 Å². The number of sulfonamides is 1. The molecule has 0 spiro atoms. The number of ether oxygens (including phenoxy) is 1. The van der Waals surface area contributed by atoms with Crippen molar-refractivity contribution in [3.63, 3.8) is 0 Å². The van der Waals surface area contributed by atoms with Crippen LogP contribution in [-0.2, 0) is 24.3 Å². The SMILES string of the molecule is O=C(COC(=O)CCNS(=O)(=O)c1ccc(Cl)cc1)Nc1cccc(F)c1. The number of esters is 1. The molecule has 0 unspecified atom stereocenters. The monoisotopic (exact) mass is 414 g/mol. The zero-order chi connectivity index (χ0) is 19.9. The highest BCUT2D eigenvalue weighted by molar-refractivity contribution is 7.89. The van der Waals surface area contributed by atoms with Crippen molar-refractivity contribution in [3.8, 4) is 0 Å². The van der Waals surface area contributed by atoms with Gasteiger partial charge in [0, 0.05) is 17.3 Å². The molecule has 0 aromatic heterocycles. The molecule has 0 fully saturated rings. The molecule has 1 amide bonds. The van der Waals surface area contributed by atoms with Crippen LogP contribution in [0.3, 0.4) is 0 Å². The van der Waals surface area contributed by atoms with E-state index in [4.69, 9.17) is 16.3 Å². The average molecular weight is 415 g/mol. The van der Waals surface area contributed by atoms with Gasteiger partial charge in [-0.2, -0.15) is 0 Å². The quantitative estimate of drug-likeness (QED) is 0.645. The fraction of sp³-hybridized carbons (Fsp3) is 0.176. The lowest BCUT2D eigenvalue weighted by Crippen LogP contribution is -2.28. The summed E-state index contributed by atoms with van der Waals surface area (Å²) in [6, 6.07) is 10.8. The van der Waals surface area contributed by atoms with E-state index in [9.17, 15) is 22.4 Å². The van der Waals surface area contributed by atoms with Gasteiger partial charge in [0.25, 0.3) is 5.91 Å². The van der Waals surface area contributed by atoms with E-state index in [2.05, 4.69) is 10.0 Å². The fourth-order valence-electron chi connectivity index (χ4n) is 1.97. The van der Waals surface area contributed by atoms with Gasteiger partial charge in [0.2, 0.25) is 10.0 Å². The zero-order valence-corrected chi connectivity index (χ0v) is 15.5. The number of hydrogen-bond donors (Lipinski definition) is 2. The van der Waals surface area contributed by atoms with Crippen molar-refractivity contribution >= 4 is 39.2 Å². The van der Waals surface area contributed by atoms with Crippen molar-refractivity contribution in [2.24, 2.45) is 0 Å². The summed E-state index contributed by atoms with van der Waals surface area (Å²) in [6.45, 7) is -0.769. The number of hydrogen-bond acceptors (Lipinski definition) is 5. The second-order valence-electron chi connectivity index (χ2n) is 5.32. The molecule has 0 heterocycles. The van der Waals surface area contributed by atoms with Crippen LogP contribution in [0.15, 0.2) is 53.4 Å². The van der Waals surface area contributed by atoms with Crippen molar-refractivity contribution in [3.05, 3.63) is 59.4 Å². The van der Waals surface area contributed by atoms with Crippen LogP contribution in [0.4, 0.5) is 10.1 Å². The molecule has 2 aromatic carbocycles. The summed E-state index contributed by atoms with van der Waals surface area (Å²) in [4.78, 5) is 23.3. The van der Waals surface area contributed by atoms with E-state index in [1.54, 1.807) is 0 Å². The normalized spacial score (nSPS) is 11.0. The van der Waals surface area contributed by atoms with Gasteiger partial charge in [-0.05, 0) is 42.5 Å². The maximum atomic E-state index is 13.0. The van der Waals surface area contributed by atoms with E-state index in [0.717, 1.165) is 6.07 Å². The van der Waals surface area contributed by atoms with Gasteiger partial charge in [-0.25, -0.2) is 17.5 Å². The van der Waals surface area contributed by atoms with E-state index >= 15 is 0 Å². The van der Waals surface area contributed by atoms with Crippen molar-refractivity contribution in [2.45, 2.75) is 11.3 Å². The Hall–Kier alpha value is -2.49. The van der Waals surface area contributed by atoms with Gasteiger partial charge in [-0.3, -0.25) is 9.59 Å². The molecule has 27 heavy (non-hydrogen) atoms. The number of nitrogens with one attached hydrogen (secondary N) is 2. The van der Waals surface area contributed by atoms with Crippen LogP contribution < -0.4 is 10.0 Å². The van der Waals surface area contributed by atoms with Crippen molar-refractivity contribution in [1.82, 2.24) is 4.72 Å². The summed E-state index contributed by atoms with van der Waals surface area (Å²) in [5.74, 6) is -1.92. The molecule has 2 aromatic rings. The summed E-state index contributed by atoms with van der Waals surface area (Å²) in [6.07, 6.45) is -0.264. The highest BCUT2D eigenvalue weighted by Crippen LogP contribution is 2.13. The maximum Gasteiger partial charge on any atom is 0.307 e. The molecule has 10 heteroatoms. The minimum absolute atomic E-state index is 0.00902. The van der Waals surface area contributed by atoms with E-state index < -0.39 is 34.3 Å². The third kappa shape index (κ3) is 6.97. The number of carbonyl (C=O) groups excluding carboxylic acids is 2. The molecule has 0 aliphatic rings. The molecule has 2 N–H and O–H groups in total. The molecule has 2 rings (SSSR count). The zero-order valence-electron chi connectivity index (χ0n) is 13.9. The molecular weight excluding hydrogens is 399 g/mol. The Morgan fingerprint density at radius 3 is 2.48 bits per heavy atom. The van der Waals surface area contributed by atoms with Crippen LogP contribution in [0, 0.1) is 5.82 Å². The van der Waals surface area contributed by atoms with Crippen LogP contribution in [0.5, 0.6) is 0 Å². The smallest absolute Gasteiger partial charge is 0.307 e. The minimum Gasteiger partial charge on any atom is -0.456 e. The second-order valence-corrected chi connectivity index (χ2v) is 7.52. The van der Waals surface area contributed by atoms with E-state index in [0.29, 0.717) is 5.02 Å². The number of carbonyl (C=O) groups is 2. The first-order valence-corrected chi connectivity index (χ1v) is 9.59. The van der Waals surface area contributed by atoms with E-state index in [-0.39, 0.29) is 23.5 Å². The lowest BCUT2D eigenvalue weighted by molar-refractivity contribution is -0.147. The Bertz CT molecular complexity index is 919. The topological polar surface area (TPSA) is 102 Å². The van der Waals surface area contributed by atoms with Crippen LogP contribution >= 0.6 is 11.6 Å². The molecule has 144 valence electrons. The van der Waals surface area contributed by atoms with Gasteiger partial charge in [0.1, 0.15) is 5.82 Å². The summed E-state index contributed by atoms with van der Waals surface area (Å²) >= 11 is 5.70. The van der Waals surface area contributed by atoms with Crippen LogP contribution in [0.1, 0.15) is 6.42 Å². The molecule has 0 aliphatic carbocycles. The van der Waals surface area contributed by atoms with Gasteiger partial charge < -0.3 is 10.1 Å². The Balaban J connectivity index is 1.73. The Kier molecular flexibility index (Phi) is 7.28. The number of halogens is 2. The molecule has 0 saturated heterocycles. The predicted molar refractivity (Wildman–Crippen MR) is 97.2 cm³/mol. The van der Waals surface area contributed by atoms with Gasteiger partial charge in [-0.1, -0.05) is 17.7 Å². The molecule has 7 nitrogen and oxygen atoms in total. The van der Waals surface area contributed by atoms with Crippen molar-refractivity contribution < 1.29 is 27.1 Å². The van der Waals surface area contributed by atoms with Crippen LogP contribution in [0.25, 0.3) is 0 Å². The van der Waals surface area contributed by atoms with Crippen LogP contribution in [-0.4, -0.2) is 33.4 Å². The standard InChI is InChI=1S/C17H16ClFN2O5S/c18-12-4-6-15(7-5-12)27(24,25)20-9-8-17(23)26-11-16(22)21-14-3-1-2-13(19)10-14/h1-7,10,20H,8-9,11H2,(H,21,22). The third-order valence-electron chi connectivity index (χ3n) is 3.22. The third-order valence-corrected chi connectivity index (χ3v) is 4.95. The largest absolute Gasteiger partial charge is 0.456 e. The fourth-order valence-corrected chi connectivity index (χ4v) is 3.12. The number of amides is 1. The molecule has 0 radical (unpaired) electrons. The Morgan fingerprint density at radius 1 is 1.11 bits per heavy atom. The molecule has 0 saturated carbocycles. The highest BCUT2D eigenvalue weighted by atomic mass is 35.5. The first-order valence-electron chi connectivity index (χ1n) is 7.72. The van der Waals surface area contributed by atoms with Crippen molar-refractivity contribution in [2.75, 3.05) is 18.5 Å². The molecule has 0 aliphatic heterocycles. The Morgan fingerprint density at radius 2 is 1.81 bits per heavy atom. The maximum absolute atomic E-state index is 13.0. The average Bonchev–Trinajstić information content (AvgIpc) is 2.60. The van der Waals surface area contributed by atoms with Crippen molar-refractivity contribution in [1.29, 1.82) is 0 Å². The van der Waals surface area contributed by atoms with Gasteiger partial charge in [-0.15, -0.1) is 0 Å². The molecule has 0 atom stereocenters. The van der Waals surface area contributed by atoms with E-state index in [1.807, 2.05) is 0 Å². The molecule has 0 bridgehead atoms. The second kappa shape index (κ2) is 9.45. The van der Waals surface area contributed by atoms with Crippen LogP contribution in [0.2, 0.25) is 5.02 Å². The predicted octanol–water partition coefficient (Wildman–Crippen LogP) is 2.33. The number of benzene rings is 2. The lowest BCUT2D eigenvalue weighted by atomic mass is 10.3. The molecular formula is C17H16ClFN2O5S. The highest BCUT2D eigenvalue weighted by Gasteiger charge is 2.15. The summed E-state index contributed by atoms with van der Waals surface area (Å²) in [7, 11) is -3.78. The first kappa shape index (κ1) is 20.8. The van der Waals surface area contributed by atoms with Gasteiger partial charge in [0.05, 0.1) is 11.3 Å². The summed E-state index contributed by atoms with van der Waals surface area (Å²) in [5.41, 5.74) is 0.228.